The van der Waals surface area contributed by atoms with Crippen LogP contribution in [0.4, 0.5) is 0 Å². The van der Waals surface area contributed by atoms with Crippen LogP contribution in [0.25, 0.3) is 0 Å². The molecule has 1 atom stereocenters. The Morgan fingerprint density at radius 1 is 1.00 bits per heavy atom. The summed E-state index contributed by atoms with van der Waals surface area (Å²) < 4.78 is 28.2. The standard InChI is InChI=1S/C23H22ClN3O3S/c1-17-7-13-21(14-8-17)31(29,30)27-22(15-18-5-3-2-4-6-18)23(28)26-25-16-19-9-11-20(24)12-10-19/h2-14,16,22,27H,15H2,1H3,(H,26,28)/b25-16+/t22-/m0/s1. The zero-order valence-electron chi connectivity index (χ0n) is 16.8. The average Bonchev–Trinajstić information content (AvgIpc) is 2.75. The van der Waals surface area contributed by atoms with E-state index in [1.165, 1.54) is 18.3 Å². The number of carbonyl (C=O) groups is 1. The molecule has 0 aliphatic rings. The highest BCUT2D eigenvalue weighted by Crippen LogP contribution is 2.13. The van der Waals surface area contributed by atoms with Crippen molar-refractivity contribution in [1.29, 1.82) is 0 Å². The monoisotopic (exact) mass is 455 g/mol. The normalized spacial score (nSPS) is 12.6. The van der Waals surface area contributed by atoms with Gasteiger partial charge < -0.3 is 0 Å². The van der Waals surface area contributed by atoms with Crippen LogP contribution in [0.15, 0.2) is 88.9 Å². The number of hydrazone groups is 1. The van der Waals surface area contributed by atoms with E-state index in [1.54, 1.807) is 36.4 Å². The van der Waals surface area contributed by atoms with Gasteiger partial charge in [0.05, 0.1) is 11.1 Å². The second-order valence-electron chi connectivity index (χ2n) is 6.96. The van der Waals surface area contributed by atoms with Crippen molar-refractivity contribution in [1.82, 2.24) is 10.1 Å². The number of benzene rings is 3. The number of nitrogens with one attached hydrogen (secondary N) is 2. The lowest BCUT2D eigenvalue weighted by atomic mass is 10.1. The zero-order valence-corrected chi connectivity index (χ0v) is 18.4. The largest absolute Gasteiger partial charge is 0.271 e. The summed E-state index contributed by atoms with van der Waals surface area (Å²) in [5.74, 6) is -0.565. The van der Waals surface area contributed by atoms with Crippen LogP contribution in [-0.2, 0) is 21.2 Å². The number of rotatable bonds is 8. The molecule has 0 fully saturated rings. The van der Waals surface area contributed by atoms with Crippen molar-refractivity contribution < 1.29 is 13.2 Å². The molecule has 6 nitrogen and oxygen atoms in total. The van der Waals surface area contributed by atoms with Gasteiger partial charge in [-0.05, 0) is 48.7 Å². The molecule has 0 radical (unpaired) electrons. The molecule has 0 saturated heterocycles. The summed E-state index contributed by atoms with van der Waals surface area (Å²) in [7, 11) is -3.90. The van der Waals surface area contributed by atoms with Crippen molar-refractivity contribution in [3.8, 4) is 0 Å². The van der Waals surface area contributed by atoms with E-state index in [0.717, 1.165) is 16.7 Å². The maximum Gasteiger partial charge on any atom is 0.258 e. The van der Waals surface area contributed by atoms with E-state index < -0.39 is 22.0 Å². The molecule has 2 N–H and O–H groups in total. The molecule has 0 aliphatic heterocycles. The van der Waals surface area contributed by atoms with E-state index in [1.807, 2.05) is 37.3 Å². The molecule has 0 heterocycles. The third kappa shape index (κ3) is 6.75. The second-order valence-corrected chi connectivity index (χ2v) is 9.11. The van der Waals surface area contributed by atoms with Gasteiger partial charge in [-0.1, -0.05) is 71.8 Å². The van der Waals surface area contributed by atoms with Gasteiger partial charge in [0.2, 0.25) is 10.0 Å². The van der Waals surface area contributed by atoms with Crippen molar-refractivity contribution in [3.63, 3.8) is 0 Å². The Balaban J connectivity index is 1.77. The molecule has 31 heavy (non-hydrogen) atoms. The van der Waals surface area contributed by atoms with E-state index >= 15 is 0 Å². The van der Waals surface area contributed by atoms with Crippen LogP contribution in [0.2, 0.25) is 5.02 Å². The summed E-state index contributed by atoms with van der Waals surface area (Å²) in [6, 6.07) is 21.5. The van der Waals surface area contributed by atoms with Gasteiger partial charge in [0.25, 0.3) is 5.91 Å². The minimum Gasteiger partial charge on any atom is -0.271 e. The number of nitrogens with zero attached hydrogens (tertiary/aromatic N) is 1. The molecule has 3 aromatic carbocycles. The van der Waals surface area contributed by atoms with Crippen molar-refractivity contribution in [2.75, 3.05) is 0 Å². The molecule has 0 spiro atoms. The van der Waals surface area contributed by atoms with Crippen LogP contribution in [-0.4, -0.2) is 26.6 Å². The molecular weight excluding hydrogens is 434 g/mol. The Hall–Kier alpha value is -3.00. The van der Waals surface area contributed by atoms with E-state index in [0.29, 0.717) is 5.02 Å². The molecule has 0 aromatic heterocycles. The Kier molecular flexibility index (Phi) is 7.57. The maximum atomic E-state index is 12.8. The van der Waals surface area contributed by atoms with Gasteiger partial charge in [0, 0.05) is 5.02 Å². The SMILES string of the molecule is Cc1ccc(S(=O)(=O)N[C@@H](Cc2ccccc2)C(=O)N/N=C/c2ccc(Cl)cc2)cc1. The van der Waals surface area contributed by atoms with Gasteiger partial charge in [-0.2, -0.15) is 9.82 Å². The molecule has 0 saturated carbocycles. The molecule has 0 bridgehead atoms. The lowest BCUT2D eigenvalue weighted by molar-refractivity contribution is -0.122. The van der Waals surface area contributed by atoms with Crippen molar-refractivity contribution >= 4 is 33.7 Å². The van der Waals surface area contributed by atoms with Gasteiger partial charge in [0.1, 0.15) is 6.04 Å². The molecule has 3 rings (SSSR count). The highest BCUT2D eigenvalue weighted by Gasteiger charge is 2.26. The first-order valence-electron chi connectivity index (χ1n) is 9.55. The average molecular weight is 456 g/mol. The van der Waals surface area contributed by atoms with E-state index in [-0.39, 0.29) is 11.3 Å². The Morgan fingerprint density at radius 3 is 2.29 bits per heavy atom. The number of halogens is 1. The number of amides is 1. The van der Waals surface area contributed by atoms with Crippen LogP contribution < -0.4 is 10.1 Å². The summed E-state index contributed by atoms with van der Waals surface area (Å²) >= 11 is 5.86. The smallest absolute Gasteiger partial charge is 0.258 e. The molecule has 0 unspecified atom stereocenters. The lowest BCUT2D eigenvalue weighted by Gasteiger charge is -2.17. The van der Waals surface area contributed by atoms with Crippen LogP contribution >= 0.6 is 11.6 Å². The molecule has 8 heteroatoms. The number of hydrogen-bond acceptors (Lipinski definition) is 4. The molecule has 160 valence electrons. The number of hydrogen-bond donors (Lipinski definition) is 2. The topological polar surface area (TPSA) is 87.6 Å². The molecule has 0 aliphatic carbocycles. The number of aryl methyl sites for hydroxylation is 1. The molecule has 3 aromatic rings. The fourth-order valence-corrected chi connectivity index (χ4v) is 4.13. The molecule has 1 amide bonds. The van der Waals surface area contributed by atoms with E-state index in [9.17, 15) is 13.2 Å². The van der Waals surface area contributed by atoms with Gasteiger partial charge >= 0.3 is 0 Å². The van der Waals surface area contributed by atoms with Crippen LogP contribution in [0.3, 0.4) is 0 Å². The van der Waals surface area contributed by atoms with Crippen molar-refractivity contribution in [3.05, 3.63) is 101 Å². The summed E-state index contributed by atoms with van der Waals surface area (Å²) in [4.78, 5) is 12.9. The fourth-order valence-electron chi connectivity index (χ4n) is 2.81. The van der Waals surface area contributed by atoms with Crippen LogP contribution in [0, 0.1) is 6.92 Å². The van der Waals surface area contributed by atoms with Crippen LogP contribution in [0.1, 0.15) is 16.7 Å². The van der Waals surface area contributed by atoms with E-state index in [2.05, 4.69) is 15.2 Å². The minimum atomic E-state index is -3.90. The first-order chi connectivity index (χ1) is 14.8. The van der Waals surface area contributed by atoms with Crippen molar-refractivity contribution in [2.45, 2.75) is 24.3 Å². The first kappa shape index (κ1) is 22.7. The summed E-state index contributed by atoms with van der Waals surface area (Å²) in [5.41, 5.74) is 4.91. The minimum absolute atomic E-state index is 0.0913. The third-order valence-electron chi connectivity index (χ3n) is 4.49. The highest BCUT2D eigenvalue weighted by atomic mass is 35.5. The van der Waals surface area contributed by atoms with Gasteiger partial charge in [-0.15, -0.1) is 0 Å². The van der Waals surface area contributed by atoms with Crippen molar-refractivity contribution in [2.24, 2.45) is 5.10 Å². The Labute approximate surface area is 187 Å². The first-order valence-corrected chi connectivity index (χ1v) is 11.4. The summed E-state index contributed by atoms with van der Waals surface area (Å²) in [6.45, 7) is 1.87. The number of carbonyl (C=O) groups excluding carboxylic acids is 1. The number of sulfonamides is 1. The van der Waals surface area contributed by atoms with E-state index in [4.69, 9.17) is 11.6 Å². The summed E-state index contributed by atoms with van der Waals surface area (Å²) in [5, 5.41) is 4.54. The fraction of sp³-hybridized carbons (Fsp3) is 0.130. The second kappa shape index (κ2) is 10.3. The third-order valence-corrected chi connectivity index (χ3v) is 6.23. The maximum absolute atomic E-state index is 12.8. The zero-order chi connectivity index (χ0) is 22.3. The molecular formula is C23H22ClN3O3S. The van der Waals surface area contributed by atoms with Gasteiger partial charge in [-0.25, -0.2) is 13.8 Å². The van der Waals surface area contributed by atoms with Gasteiger partial charge in [0.15, 0.2) is 0 Å². The van der Waals surface area contributed by atoms with Crippen LogP contribution in [0.5, 0.6) is 0 Å². The quantitative estimate of drug-likeness (QED) is 0.401. The lowest BCUT2D eigenvalue weighted by Crippen LogP contribution is -2.46. The Bertz CT molecular complexity index is 1150. The van der Waals surface area contributed by atoms with Gasteiger partial charge in [-0.3, -0.25) is 4.79 Å². The predicted octanol–water partition coefficient (Wildman–Crippen LogP) is 3.69. The highest BCUT2D eigenvalue weighted by molar-refractivity contribution is 7.89. The predicted molar refractivity (Wildman–Crippen MR) is 123 cm³/mol. The Morgan fingerprint density at radius 2 is 1.65 bits per heavy atom. The summed E-state index contributed by atoms with van der Waals surface area (Å²) in [6.07, 6.45) is 1.64.